The Morgan fingerprint density at radius 3 is 2.50 bits per heavy atom. The summed E-state index contributed by atoms with van der Waals surface area (Å²) in [6.45, 7) is 2.26. The maximum atomic E-state index is 12.5. The molecule has 0 aliphatic carbocycles. The molecule has 0 aliphatic rings. The molecule has 0 bridgehead atoms. The number of ether oxygens (including phenoxy) is 1. The summed E-state index contributed by atoms with van der Waals surface area (Å²) in [5, 5.41) is 0.345. The quantitative estimate of drug-likeness (QED) is 0.877. The van der Waals surface area contributed by atoms with Gasteiger partial charge in [0.05, 0.1) is 7.11 Å². The second kappa shape index (κ2) is 7.13. The number of nitrogens with one attached hydrogen (secondary N) is 1. The van der Waals surface area contributed by atoms with E-state index in [1.165, 1.54) is 19.2 Å². The summed E-state index contributed by atoms with van der Waals surface area (Å²) in [5.41, 5.74) is 1.07. The number of hydrogen-bond acceptors (Lipinski definition) is 3. The molecule has 0 saturated heterocycles. The Morgan fingerprint density at radius 2 is 1.86 bits per heavy atom. The molecule has 1 N–H and O–H groups in total. The van der Waals surface area contributed by atoms with Crippen LogP contribution in [0.3, 0.4) is 0 Å². The molecular weight excluding hydrogens is 322 g/mol. The molecule has 0 spiro atoms. The third kappa shape index (κ3) is 4.00. The number of benzene rings is 2. The van der Waals surface area contributed by atoms with Gasteiger partial charge in [-0.05, 0) is 29.7 Å². The monoisotopic (exact) mass is 339 g/mol. The fraction of sp³-hybridized carbons (Fsp3) is 0.250. The molecule has 0 radical (unpaired) electrons. The molecule has 0 saturated carbocycles. The standard InChI is InChI=1S/C16H18ClNO3S/c1-12(13-6-4-3-5-7-13)11-18-22(19,20)16-10-14(17)8-9-15(16)21-2/h3-10,12,18H,11H2,1-2H3/t12-/m0/s1. The number of sulfonamides is 1. The lowest BCUT2D eigenvalue weighted by molar-refractivity contribution is 0.402. The maximum absolute atomic E-state index is 12.5. The summed E-state index contributed by atoms with van der Waals surface area (Å²) >= 11 is 5.89. The smallest absolute Gasteiger partial charge is 0.244 e. The van der Waals surface area contributed by atoms with Gasteiger partial charge in [-0.25, -0.2) is 13.1 Å². The summed E-state index contributed by atoms with van der Waals surface area (Å²) in [6.07, 6.45) is 0. The van der Waals surface area contributed by atoms with Gasteiger partial charge in [-0.3, -0.25) is 0 Å². The van der Waals surface area contributed by atoms with Crippen molar-refractivity contribution in [3.05, 3.63) is 59.1 Å². The zero-order valence-corrected chi connectivity index (χ0v) is 14.0. The minimum atomic E-state index is -3.69. The molecule has 0 aromatic heterocycles. The SMILES string of the molecule is COc1ccc(Cl)cc1S(=O)(=O)NC[C@H](C)c1ccccc1. The van der Waals surface area contributed by atoms with Gasteiger partial charge in [-0.2, -0.15) is 0 Å². The van der Waals surface area contributed by atoms with Gasteiger partial charge in [0, 0.05) is 11.6 Å². The Morgan fingerprint density at radius 1 is 1.18 bits per heavy atom. The van der Waals surface area contributed by atoms with E-state index >= 15 is 0 Å². The lowest BCUT2D eigenvalue weighted by Gasteiger charge is -2.15. The zero-order valence-electron chi connectivity index (χ0n) is 12.4. The van der Waals surface area contributed by atoms with E-state index in [4.69, 9.17) is 16.3 Å². The first-order chi connectivity index (χ1) is 10.4. The van der Waals surface area contributed by atoms with Crippen molar-refractivity contribution >= 4 is 21.6 Å². The van der Waals surface area contributed by atoms with Crippen LogP contribution in [-0.2, 0) is 10.0 Å². The van der Waals surface area contributed by atoms with Crippen LogP contribution in [0.15, 0.2) is 53.4 Å². The van der Waals surface area contributed by atoms with E-state index in [1.54, 1.807) is 6.07 Å². The van der Waals surface area contributed by atoms with Crippen LogP contribution in [0.5, 0.6) is 5.75 Å². The van der Waals surface area contributed by atoms with Crippen molar-refractivity contribution in [2.24, 2.45) is 0 Å². The largest absolute Gasteiger partial charge is 0.495 e. The average molecular weight is 340 g/mol. The Hall–Kier alpha value is -1.56. The molecule has 118 valence electrons. The summed E-state index contributed by atoms with van der Waals surface area (Å²) in [7, 11) is -2.26. The highest BCUT2D eigenvalue weighted by Crippen LogP contribution is 2.27. The first-order valence-electron chi connectivity index (χ1n) is 6.82. The van der Waals surface area contributed by atoms with E-state index in [0.717, 1.165) is 5.56 Å². The van der Waals surface area contributed by atoms with Crippen molar-refractivity contribution in [3.63, 3.8) is 0 Å². The summed E-state index contributed by atoms with van der Waals surface area (Å²) in [5.74, 6) is 0.324. The number of rotatable bonds is 6. The van der Waals surface area contributed by atoms with Gasteiger partial charge in [-0.15, -0.1) is 0 Å². The predicted octanol–water partition coefficient (Wildman–Crippen LogP) is 3.43. The van der Waals surface area contributed by atoms with Gasteiger partial charge in [0.2, 0.25) is 10.0 Å². The fourth-order valence-electron chi connectivity index (χ4n) is 2.07. The summed E-state index contributed by atoms with van der Waals surface area (Å²) in [6, 6.07) is 14.2. The second-order valence-corrected chi connectivity index (χ2v) is 7.13. The molecular formula is C16H18ClNO3S. The van der Waals surface area contributed by atoms with Crippen molar-refractivity contribution in [3.8, 4) is 5.75 Å². The number of methoxy groups -OCH3 is 1. The maximum Gasteiger partial charge on any atom is 0.244 e. The molecule has 6 heteroatoms. The molecule has 0 fully saturated rings. The summed E-state index contributed by atoms with van der Waals surface area (Å²) < 4.78 is 32.6. The Bertz CT molecular complexity index is 732. The van der Waals surface area contributed by atoms with Gasteiger partial charge in [0.25, 0.3) is 0 Å². The minimum absolute atomic E-state index is 0.0442. The fourth-order valence-corrected chi connectivity index (χ4v) is 3.63. The normalized spacial score (nSPS) is 12.9. The lowest BCUT2D eigenvalue weighted by Crippen LogP contribution is -2.28. The molecule has 0 amide bonds. The van der Waals surface area contributed by atoms with E-state index in [-0.39, 0.29) is 16.6 Å². The van der Waals surface area contributed by atoms with E-state index < -0.39 is 10.0 Å². The van der Waals surface area contributed by atoms with Crippen LogP contribution in [0.1, 0.15) is 18.4 Å². The van der Waals surface area contributed by atoms with Crippen molar-refractivity contribution in [2.45, 2.75) is 17.7 Å². The van der Waals surface area contributed by atoms with Crippen LogP contribution in [0.25, 0.3) is 0 Å². The molecule has 1 atom stereocenters. The van der Waals surface area contributed by atoms with E-state index in [0.29, 0.717) is 11.6 Å². The third-order valence-corrected chi connectivity index (χ3v) is 5.04. The molecule has 2 aromatic rings. The molecule has 22 heavy (non-hydrogen) atoms. The topological polar surface area (TPSA) is 55.4 Å². The van der Waals surface area contributed by atoms with Crippen LogP contribution >= 0.6 is 11.6 Å². The Balaban J connectivity index is 2.17. The van der Waals surface area contributed by atoms with Crippen molar-refractivity contribution in [1.29, 1.82) is 0 Å². The van der Waals surface area contributed by atoms with Gasteiger partial charge < -0.3 is 4.74 Å². The average Bonchev–Trinajstić information content (AvgIpc) is 2.53. The molecule has 0 aliphatic heterocycles. The molecule has 0 unspecified atom stereocenters. The van der Waals surface area contributed by atoms with Gasteiger partial charge >= 0.3 is 0 Å². The van der Waals surface area contributed by atoms with Crippen molar-refractivity contribution < 1.29 is 13.2 Å². The second-order valence-electron chi connectivity index (χ2n) is 4.96. The lowest BCUT2D eigenvalue weighted by atomic mass is 10.0. The molecule has 2 rings (SSSR count). The Kier molecular flexibility index (Phi) is 5.45. The Labute approximate surface area is 136 Å². The van der Waals surface area contributed by atoms with Crippen LogP contribution in [0.4, 0.5) is 0 Å². The van der Waals surface area contributed by atoms with Crippen LogP contribution < -0.4 is 9.46 Å². The molecule has 4 nitrogen and oxygen atoms in total. The van der Waals surface area contributed by atoms with Gasteiger partial charge in [0.1, 0.15) is 10.6 Å². The third-order valence-electron chi connectivity index (χ3n) is 3.36. The van der Waals surface area contributed by atoms with E-state index in [1.807, 2.05) is 37.3 Å². The number of hydrogen-bond donors (Lipinski definition) is 1. The van der Waals surface area contributed by atoms with E-state index in [9.17, 15) is 8.42 Å². The van der Waals surface area contributed by atoms with Crippen molar-refractivity contribution in [2.75, 3.05) is 13.7 Å². The predicted molar refractivity (Wildman–Crippen MR) is 88.0 cm³/mol. The van der Waals surface area contributed by atoms with Crippen molar-refractivity contribution in [1.82, 2.24) is 4.72 Å². The van der Waals surface area contributed by atoms with Crippen LogP contribution in [0, 0.1) is 0 Å². The first kappa shape index (κ1) is 16.8. The molecule has 0 heterocycles. The first-order valence-corrected chi connectivity index (χ1v) is 8.68. The van der Waals surface area contributed by atoms with Gasteiger partial charge in [0.15, 0.2) is 0 Å². The summed E-state index contributed by atoms with van der Waals surface area (Å²) in [4.78, 5) is 0.0442. The van der Waals surface area contributed by atoms with Crippen LogP contribution in [0.2, 0.25) is 5.02 Å². The van der Waals surface area contributed by atoms with Gasteiger partial charge in [-0.1, -0.05) is 48.9 Å². The number of halogens is 1. The van der Waals surface area contributed by atoms with Crippen LogP contribution in [-0.4, -0.2) is 22.1 Å². The molecule has 2 aromatic carbocycles. The highest BCUT2D eigenvalue weighted by Gasteiger charge is 2.20. The minimum Gasteiger partial charge on any atom is -0.495 e. The highest BCUT2D eigenvalue weighted by atomic mass is 35.5. The highest BCUT2D eigenvalue weighted by molar-refractivity contribution is 7.89. The zero-order chi connectivity index (χ0) is 16.2. The van der Waals surface area contributed by atoms with E-state index in [2.05, 4.69) is 4.72 Å².